The lowest BCUT2D eigenvalue weighted by atomic mass is 9.87. The van der Waals surface area contributed by atoms with Crippen LogP contribution in [0.5, 0.6) is 0 Å². The molecule has 0 heterocycles. The molecule has 3 aromatic carbocycles. The Morgan fingerprint density at radius 1 is 0.906 bits per heavy atom. The van der Waals surface area contributed by atoms with Gasteiger partial charge in [0.15, 0.2) is 0 Å². The SMILES string of the molecule is NC(=O)c1ccccc1-c1cc(C(CNC2CCC(N)CC2)c2ccccc2)ccc1Cl. The van der Waals surface area contributed by atoms with Gasteiger partial charge in [0.2, 0.25) is 5.91 Å². The van der Waals surface area contributed by atoms with Crippen LogP contribution in [-0.4, -0.2) is 24.5 Å². The van der Waals surface area contributed by atoms with Crippen LogP contribution in [0.15, 0.2) is 72.8 Å². The normalized spacial score (nSPS) is 19.4. The molecule has 166 valence electrons. The average molecular weight is 448 g/mol. The molecular formula is C27H30ClN3O. The number of rotatable bonds is 7. The van der Waals surface area contributed by atoms with E-state index in [1.807, 2.05) is 30.3 Å². The first-order valence-corrected chi connectivity index (χ1v) is 11.6. The maximum atomic E-state index is 12.0. The first-order valence-electron chi connectivity index (χ1n) is 11.3. The lowest BCUT2D eigenvalue weighted by Gasteiger charge is -2.29. The third kappa shape index (κ3) is 5.21. The molecule has 1 atom stereocenters. The van der Waals surface area contributed by atoms with E-state index in [4.69, 9.17) is 23.1 Å². The van der Waals surface area contributed by atoms with Gasteiger partial charge in [0.25, 0.3) is 0 Å². The molecule has 1 amide bonds. The predicted octanol–water partition coefficient (Wildman–Crippen LogP) is 5.10. The van der Waals surface area contributed by atoms with E-state index < -0.39 is 5.91 Å². The maximum absolute atomic E-state index is 12.0. The van der Waals surface area contributed by atoms with Gasteiger partial charge in [-0.1, -0.05) is 66.2 Å². The fourth-order valence-corrected chi connectivity index (χ4v) is 4.84. The van der Waals surface area contributed by atoms with Crippen LogP contribution >= 0.6 is 11.6 Å². The molecule has 32 heavy (non-hydrogen) atoms. The summed E-state index contributed by atoms with van der Waals surface area (Å²) in [6.45, 7) is 0.822. The number of benzene rings is 3. The standard InChI is InChI=1S/C27H30ClN3O/c28-26-15-10-19(16-24(26)22-8-4-5-9-23(22)27(30)32)25(18-6-2-1-3-7-18)17-31-21-13-11-20(29)12-14-21/h1-10,15-16,20-21,25,31H,11-14,17,29H2,(H2,30,32). The molecular weight excluding hydrogens is 418 g/mol. The molecule has 0 radical (unpaired) electrons. The van der Waals surface area contributed by atoms with Crippen molar-refractivity contribution in [3.8, 4) is 11.1 Å². The highest BCUT2D eigenvalue weighted by Crippen LogP contribution is 2.35. The second-order valence-corrected chi connectivity index (χ2v) is 9.04. The Hall–Kier alpha value is -2.66. The Labute approximate surface area is 195 Å². The summed E-state index contributed by atoms with van der Waals surface area (Å²) in [7, 11) is 0. The lowest BCUT2D eigenvalue weighted by molar-refractivity contribution is 0.100. The zero-order valence-electron chi connectivity index (χ0n) is 18.1. The van der Waals surface area contributed by atoms with E-state index in [1.165, 1.54) is 5.56 Å². The van der Waals surface area contributed by atoms with Crippen molar-refractivity contribution in [3.63, 3.8) is 0 Å². The van der Waals surface area contributed by atoms with Crippen molar-refractivity contribution in [1.82, 2.24) is 5.32 Å². The first kappa shape index (κ1) is 22.5. The highest BCUT2D eigenvalue weighted by atomic mass is 35.5. The molecule has 1 aliphatic rings. The fraction of sp³-hybridized carbons (Fsp3) is 0.296. The smallest absolute Gasteiger partial charge is 0.249 e. The first-order chi connectivity index (χ1) is 15.5. The van der Waals surface area contributed by atoms with Crippen molar-refractivity contribution >= 4 is 17.5 Å². The van der Waals surface area contributed by atoms with Crippen molar-refractivity contribution < 1.29 is 4.79 Å². The molecule has 0 aliphatic heterocycles. The minimum absolute atomic E-state index is 0.156. The Kier molecular flexibility index (Phi) is 7.26. The number of nitrogens with two attached hydrogens (primary N) is 2. The van der Waals surface area contributed by atoms with Crippen LogP contribution in [0.2, 0.25) is 5.02 Å². The van der Waals surface area contributed by atoms with Gasteiger partial charge in [-0.25, -0.2) is 0 Å². The Balaban J connectivity index is 1.67. The molecule has 1 saturated carbocycles. The topological polar surface area (TPSA) is 81.1 Å². The van der Waals surface area contributed by atoms with E-state index in [0.29, 0.717) is 22.7 Å². The van der Waals surface area contributed by atoms with Gasteiger partial charge >= 0.3 is 0 Å². The van der Waals surface area contributed by atoms with Crippen LogP contribution < -0.4 is 16.8 Å². The summed E-state index contributed by atoms with van der Waals surface area (Å²) >= 11 is 6.59. The summed E-state index contributed by atoms with van der Waals surface area (Å²) in [6, 6.07) is 24.8. The van der Waals surface area contributed by atoms with Gasteiger partial charge < -0.3 is 16.8 Å². The molecule has 0 bridgehead atoms. The summed E-state index contributed by atoms with van der Waals surface area (Å²) in [6.07, 6.45) is 4.37. The fourth-order valence-electron chi connectivity index (χ4n) is 4.62. The van der Waals surface area contributed by atoms with Crippen LogP contribution in [0.4, 0.5) is 0 Å². The largest absolute Gasteiger partial charge is 0.366 e. The van der Waals surface area contributed by atoms with Crippen LogP contribution in [0, 0.1) is 0 Å². The van der Waals surface area contributed by atoms with Crippen molar-refractivity contribution in [3.05, 3.63) is 94.5 Å². The highest BCUT2D eigenvalue weighted by molar-refractivity contribution is 6.33. The van der Waals surface area contributed by atoms with Crippen LogP contribution in [-0.2, 0) is 0 Å². The summed E-state index contributed by atoms with van der Waals surface area (Å²) in [4.78, 5) is 12.0. The lowest BCUT2D eigenvalue weighted by Crippen LogP contribution is -2.39. The van der Waals surface area contributed by atoms with Gasteiger partial charge in [-0.3, -0.25) is 4.79 Å². The number of hydrogen-bond donors (Lipinski definition) is 3. The van der Waals surface area contributed by atoms with Gasteiger partial charge in [-0.05, 0) is 60.6 Å². The second kappa shape index (κ2) is 10.3. The number of halogens is 1. The Morgan fingerprint density at radius 2 is 1.59 bits per heavy atom. The van der Waals surface area contributed by atoms with Gasteiger partial charge in [-0.15, -0.1) is 0 Å². The second-order valence-electron chi connectivity index (χ2n) is 8.63. The summed E-state index contributed by atoms with van der Waals surface area (Å²) in [5, 5.41) is 4.38. The zero-order chi connectivity index (χ0) is 22.5. The maximum Gasteiger partial charge on any atom is 0.249 e. The van der Waals surface area contributed by atoms with Gasteiger partial charge in [-0.2, -0.15) is 0 Å². The molecule has 1 unspecified atom stereocenters. The molecule has 0 spiro atoms. The molecule has 0 aromatic heterocycles. The number of carbonyl (C=O) groups is 1. The van der Waals surface area contributed by atoms with Gasteiger partial charge in [0.05, 0.1) is 0 Å². The summed E-state index contributed by atoms with van der Waals surface area (Å²) in [5.74, 6) is -0.303. The molecule has 4 nitrogen and oxygen atoms in total. The van der Waals surface area contributed by atoms with Crippen LogP contribution in [0.3, 0.4) is 0 Å². The molecule has 4 rings (SSSR count). The van der Waals surface area contributed by atoms with Crippen molar-refractivity contribution in [2.24, 2.45) is 11.5 Å². The monoisotopic (exact) mass is 447 g/mol. The average Bonchev–Trinajstić information content (AvgIpc) is 2.82. The van der Waals surface area contributed by atoms with E-state index in [2.05, 4.69) is 41.7 Å². The van der Waals surface area contributed by atoms with Crippen LogP contribution in [0.1, 0.15) is 53.1 Å². The van der Waals surface area contributed by atoms with E-state index >= 15 is 0 Å². The number of carbonyl (C=O) groups excluding carboxylic acids is 1. The van der Waals surface area contributed by atoms with E-state index in [0.717, 1.165) is 48.9 Å². The van der Waals surface area contributed by atoms with Gasteiger partial charge in [0.1, 0.15) is 0 Å². The molecule has 0 saturated heterocycles. The number of nitrogens with one attached hydrogen (secondary N) is 1. The van der Waals surface area contributed by atoms with E-state index in [1.54, 1.807) is 6.07 Å². The number of amides is 1. The summed E-state index contributed by atoms with van der Waals surface area (Å²) < 4.78 is 0. The molecule has 1 aliphatic carbocycles. The predicted molar refractivity (Wildman–Crippen MR) is 132 cm³/mol. The van der Waals surface area contributed by atoms with Crippen molar-refractivity contribution in [2.75, 3.05) is 6.54 Å². The Bertz CT molecular complexity index is 1060. The number of primary amides is 1. The third-order valence-electron chi connectivity index (χ3n) is 6.46. The van der Waals surface area contributed by atoms with Crippen molar-refractivity contribution in [2.45, 2.75) is 43.7 Å². The molecule has 1 fully saturated rings. The zero-order valence-corrected chi connectivity index (χ0v) is 18.9. The highest BCUT2D eigenvalue weighted by Gasteiger charge is 2.22. The molecule has 3 aromatic rings. The van der Waals surface area contributed by atoms with E-state index in [-0.39, 0.29) is 5.92 Å². The van der Waals surface area contributed by atoms with Gasteiger partial charge in [0, 0.05) is 40.7 Å². The molecule has 5 heteroatoms. The number of hydrogen-bond acceptors (Lipinski definition) is 3. The van der Waals surface area contributed by atoms with E-state index in [9.17, 15) is 4.79 Å². The summed E-state index contributed by atoms with van der Waals surface area (Å²) in [5.41, 5.74) is 16.2. The third-order valence-corrected chi connectivity index (χ3v) is 6.79. The van der Waals surface area contributed by atoms with Crippen molar-refractivity contribution in [1.29, 1.82) is 0 Å². The molecule has 5 N–H and O–H groups in total. The Morgan fingerprint density at radius 3 is 2.31 bits per heavy atom. The minimum atomic E-state index is -0.459. The minimum Gasteiger partial charge on any atom is -0.366 e. The quantitative estimate of drug-likeness (QED) is 0.471. The van der Waals surface area contributed by atoms with Crippen LogP contribution in [0.25, 0.3) is 11.1 Å².